The summed E-state index contributed by atoms with van der Waals surface area (Å²) in [7, 11) is 0. The molecule has 0 aliphatic rings. The summed E-state index contributed by atoms with van der Waals surface area (Å²) in [6.07, 6.45) is 1.82. The maximum atomic E-state index is 10.7. The summed E-state index contributed by atoms with van der Waals surface area (Å²) in [6.45, 7) is 0.546. The van der Waals surface area contributed by atoms with Gasteiger partial charge in [-0.25, -0.2) is 0 Å². The molecule has 0 spiro atoms. The van der Waals surface area contributed by atoms with Gasteiger partial charge in [0, 0.05) is 35.1 Å². The number of rotatable bonds is 5. The smallest absolute Gasteiger partial charge is 0.269 e. The Balaban J connectivity index is 1.59. The molecule has 0 saturated heterocycles. The van der Waals surface area contributed by atoms with Gasteiger partial charge in [-0.2, -0.15) is 5.10 Å². The molecule has 7 nitrogen and oxygen atoms in total. The minimum absolute atomic E-state index is 0.0211. The lowest BCUT2D eigenvalue weighted by molar-refractivity contribution is -0.384. The summed E-state index contributed by atoms with van der Waals surface area (Å²) in [4.78, 5) is 10.2. The van der Waals surface area contributed by atoms with E-state index in [1.165, 1.54) is 12.1 Å². The lowest BCUT2D eigenvalue weighted by Gasteiger charge is -2.08. The van der Waals surface area contributed by atoms with E-state index in [1.54, 1.807) is 22.9 Å². The van der Waals surface area contributed by atoms with E-state index in [-0.39, 0.29) is 5.69 Å². The number of aromatic nitrogens is 2. The first-order chi connectivity index (χ1) is 12.5. The highest BCUT2D eigenvalue weighted by Gasteiger charge is 2.07. The Bertz CT molecular complexity index is 942. The third-order valence-electron chi connectivity index (χ3n) is 3.51. The summed E-state index contributed by atoms with van der Waals surface area (Å²) < 4.78 is 1.75. The zero-order chi connectivity index (χ0) is 18.5. The van der Waals surface area contributed by atoms with E-state index in [1.807, 2.05) is 30.5 Å². The van der Waals surface area contributed by atoms with Gasteiger partial charge in [0.1, 0.15) is 0 Å². The third kappa shape index (κ3) is 4.56. The van der Waals surface area contributed by atoms with Crippen molar-refractivity contribution in [3.63, 3.8) is 0 Å². The van der Waals surface area contributed by atoms with Gasteiger partial charge in [0.15, 0.2) is 10.9 Å². The molecule has 0 unspecified atom stereocenters. The monoisotopic (exact) mass is 387 g/mol. The van der Waals surface area contributed by atoms with E-state index < -0.39 is 4.92 Å². The molecule has 3 aromatic rings. The van der Waals surface area contributed by atoms with Crippen molar-refractivity contribution in [3.8, 4) is 0 Å². The van der Waals surface area contributed by atoms with Crippen molar-refractivity contribution in [2.24, 2.45) is 0 Å². The molecular weight excluding hydrogens is 374 g/mol. The molecule has 0 radical (unpaired) electrons. The molecule has 0 atom stereocenters. The zero-order valence-electron chi connectivity index (χ0n) is 13.4. The number of nitro groups is 1. The van der Waals surface area contributed by atoms with Gasteiger partial charge in [-0.05, 0) is 36.0 Å². The van der Waals surface area contributed by atoms with Crippen LogP contribution in [0.2, 0.25) is 5.02 Å². The Hall–Kier alpha value is -2.97. The quantitative estimate of drug-likeness (QED) is 0.385. The SMILES string of the molecule is O=[N+]([O-])c1ccc(NC(=S)Nc2ccn(Cc3ccccc3Cl)n2)cc1. The van der Waals surface area contributed by atoms with E-state index in [4.69, 9.17) is 23.8 Å². The van der Waals surface area contributed by atoms with Crippen LogP contribution >= 0.6 is 23.8 Å². The first-order valence-corrected chi connectivity index (χ1v) is 8.39. The normalized spacial score (nSPS) is 10.3. The molecule has 0 saturated carbocycles. The second-order valence-corrected chi connectivity index (χ2v) is 6.19. The van der Waals surface area contributed by atoms with E-state index in [0.29, 0.717) is 28.2 Å². The number of hydrogen-bond acceptors (Lipinski definition) is 4. The van der Waals surface area contributed by atoms with Crippen molar-refractivity contribution in [3.05, 3.63) is 81.5 Å². The second-order valence-electron chi connectivity index (χ2n) is 5.37. The van der Waals surface area contributed by atoms with Gasteiger partial charge in [-0.15, -0.1) is 0 Å². The number of hydrogen-bond donors (Lipinski definition) is 2. The molecular formula is C17H14ClN5O2S. The van der Waals surface area contributed by atoms with Crippen LogP contribution in [-0.4, -0.2) is 19.8 Å². The largest absolute Gasteiger partial charge is 0.332 e. The van der Waals surface area contributed by atoms with E-state index in [0.717, 1.165) is 5.56 Å². The number of halogens is 1. The summed E-state index contributed by atoms with van der Waals surface area (Å²) in [5, 5.41) is 22.0. The zero-order valence-corrected chi connectivity index (χ0v) is 15.0. The number of non-ortho nitro benzene ring substituents is 1. The van der Waals surface area contributed by atoms with Gasteiger partial charge >= 0.3 is 0 Å². The van der Waals surface area contributed by atoms with Gasteiger partial charge in [0.05, 0.1) is 11.5 Å². The Morgan fingerprint density at radius 1 is 1.15 bits per heavy atom. The fraction of sp³-hybridized carbons (Fsp3) is 0.0588. The third-order valence-corrected chi connectivity index (χ3v) is 4.08. The minimum Gasteiger partial charge on any atom is -0.332 e. The maximum Gasteiger partial charge on any atom is 0.269 e. The van der Waals surface area contributed by atoms with Crippen LogP contribution in [0.5, 0.6) is 0 Å². The van der Waals surface area contributed by atoms with Crippen LogP contribution in [-0.2, 0) is 6.54 Å². The van der Waals surface area contributed by atoms with Crippen LogP contribution < -0.4 is 10.6 Å². The Labute approximate surface area is 159 Å². The molecule has 1 aromatic heterocycles. The van der Waals surface area contributed by atoms with Crippen molar-refractivity contribution >= 4 is 46.1 Å². The van der Waals surface area contributed by atoms with Gasteiger partial charge in [-0.3, -0.25) is 14.8 Å². The topological polar surface area (TPSA) is 85.0 Å². The number of nitrogens with one attached hydrogen (secondary N) is 2. The highest BCUT2D eigenvalue weighted by Crippen LogP contribution is 2.17. The second kappa shape index (κ2) is 7.94. The van der Waals surface area contributed by atoms with Crippen molar-refractivity contribution in [2.45, 2.75) is 6.54 Å². The number of benzene rings is 2. The Morgan fingerprint density at radius 2 is 1.88 bits per heavy atom. The molecule has 0 fully saturated rings. The number of nitrogens with zero attached hydrogens (tertiary/aromatic N) is 3. The molecule has 2 N–H and O–H groups in total. The van der Waals surface area contributed by atoms with Crippen LogP contribution in [0.25, 0.3) is 0 Å². The summed E-state index contributed by atoms with van der Waals surface area (Å²) >= 11 is 11.4. The van der Waals surface area contributed by atoms with Crippen molar-refractivity contribution in [1.82, 2.24) is 9.78 Å². The van der Waals surface area contributed by atoms with Crippen molar-refractivity contribution < 1.29 is 4.92 Å². The molecule has 0 aliphatic carbocycles. The molecule has 26 heavy (non-hydrogen) atoms. The standard InChI is InChI=1S/C17H14ClN5O2S/c18-15-4-2-1-3-12(15)11-22-10-9-16(21-22)20-17(26)19-13-5-7-14(8-6-13)23(24)25/h1-10H,11H2,(H2,19,20,21,26). The lowest BCUT2D eigenvalue weighted by atomic mass is 10.2. The first kappa shape index (κ1) is 17.8. The molecule has 2 aromatic carbocycles. The van der Waals surface area contributed by atoms with E-state index in [9.17, 15) is 10.1 Å². The molecule has 1 heterocycles. The molecule has 9 heteroatoms. The maximum absolute atomic E-state index is 10.7. The van der Waals surface area contributed by atoms with Crippen LogP contribution in [0, 0.1) is 10.1 Å². The van der Waals surface area contributed by atoms with Gasteiger partial charge in [-0.1, -0.05) is 29.8 Å². The molecule has 3 rings (SSSR count). The van der Waals surface area contributed by atoms with Crippen LogP contribution in [0.4, 0.5) is 17.2 Å². The predicted molar refractivity (Wildman–Crippen MR) is 106 cm³/mol. The summed E-state index contributed by atoms with van der Waals surface area (Å²) in [5.41, 5.74) is 1.63. The number of thiocarbonyl (C=S) groups is 1. The average molecular weight is 388 g/mol. The minimum atomic E-state index is -0.452. The Morgan fingerprint density at radius 3 is 2.58 bits per heavy atom. The fourth-order valence-electron chi connectivity index (χ4n) is 2.26. The van der Waals surface area contributed by atoms with Crippen LogP contribution in [0.1, 0.15) is 5.56 Å². The summed E-state index contributed by atoms with van der Waals surface area (Å²) in [5.74, 6) is 0.580. The van der Waals surface area contributed by atoms with E-state index >= 15 is 0 Å². The molecule has 132 valence electrons. The van der Waals surface area contributed by atoms with E-state index in [2.05, 4.69) is 15.7 Å². The number of nitro benzene ring substituents is 1. The van der Waals surface area contributed by atoms with Crippen LogP contribution in [0.15, 0.2) is 60.8 Å². The Kier molecular flexibility index (Phi) is 5.45. The van der Waals surface area contributed by atoms with Crippen LogP contribution in [0.3, 0.4) is 0 Å². The van der Waals surface area contributed by atoms with Gasteiger partial charge in [0.2, 0.25) is 0 Å². The molecule has 0 aliphatic heterocycles. The highest BCUT2D eigenvalue weighted by atomic mass is 35.5. The van der Waals surface area contributed by atoms with Gasteiger partial charge in [0.25, 0.3) is 5.69 Å². The molecule has 0 amide bonds. The number of anilines is 2. The van der Waals surface area contributed by atoms with Gasteiger partial charge < -0.3 is 10.6 Å². The lowest BCUT2D eigenvalue weighted by Crippen LogP contribution is -2.19. The predicted octanol–water partition coefficient (Wildman–Crippen LogP) is 4.30. The molecule has 0 bridgehead atoms. The van der Waals surface area contributed by atoms with Crippen molar-refractivity contribution in [1.29, 1.82) is 0 Å². The summed E-state index contributed by atoms with van der Waals surface area (Å²) in [6, 6.07) is 15.4. The highest BCUT2D eigenvalue weighted by molar-refractivity contribution is 7.80. The first-order valence-electron chi connectivity index (χ1n) is 7.60. The van der Waals surface area contributed by atoms with Crippen molar-refractivity contribution in [2.75, 3.05) is 10.6 Å². The average Bonchev–Trinajstić information content (AvgIpc) is 3.04. The fourth-order valence-corrected chi connectivity index (χ4v) is 2.68.